The SMILES string of the molecule is CCCCC/C=C\C/C=C\C[C@H](C/C=C\C(=O)CCCC(=O)O)SC[C@H](NC(=O)CC[C@@H](N)C(=O)O)C(=O)NCC(=O)O. The number of carbonyl (C=O) groups excluding carboxylic acids is 3. The molecule has 0 unspecified atom stereocenters. The van der Waals surface area contributed by atoms with Gasteiger partial charge in [-0.15, -0.1) is 0 Å². The van der Waals surface area contributed by atoms with Crippen molar-refractivity contribution in [3.63, 3.8) is 0 Å². The van der Waals surface area contributed by atoms with Crippen LogP contribution in [0, 0.1) is 0 Å². The van der Waals surface area contributed by atoms with Gasteiger partial charge in [0.2, 0.25) is 11.8 Å². The van der Waals surface area contributed by atoms with E-state index in [0.717, 1.165) is 19.3 Å². The Morgan fingerprint density at radius 3 is 2.19 bits per heavy atom. The number of nitrogens with one attached hydrogen (secondary N) is 2. The summed E-state index contributed by atoms with van der Waals surface area (Å²) in [6.07, 6.45) is 17.7. The minimum Gasteiger partial charge on any atom is -0.481 e. The molecule has 0 saturated carbocycles. The van der Waals surface area contributed by atoms with E-state index >= 15 is 0 Å². The van der Waals surface area contributed by atoms with Crippen molar-refractivity contribution in [2.75, 3.05) is 12.3 Å². The Kier molecular flexibility index (Phi) is 23.1. The molecule has 7 N–H and O–H groups in total. The number of unbranched alkanes of at least 4 members (excludes halogenated alkanes) is 3. The first-order valence-electron chi connectivity index (χ1n) is 14.6. The molecule has 0 spiro atoms. The first kappa shape index (κ1) is 39.5. The van der Waals surface area contributed by atoms with Crippen LogP contribution in [0.2, 0.25) is 0 Å². The summed E-state index contributed by atoms with van der Waals surface area (Å²) in [7, 11) is 0. The number of carboxylic acid groups (broad SMARTS) is 3. The predicted molar refractivity (Wildman–Crippen MR) is 166 cm³/mol. The van der Waals surface area contributed by atoms with Crippen LogP contribution < -0.4 is 16.4 Å². The van der Waals surface area contributed by atoms with E-state index < -0.39 is 48.4 Å². The number of hydrogen-bond acceptors (Lipinski definition) is 8. The lowest BCUT2D eigenvalue weighted by atomic mass is 10.1. The summed E-state index contributed by atoms with van der Waals surface area (Å²) in [5.41, 5.74) is 5.45. The molecule has 0 aromatic heterocycles. The maximum Gasteiger partial charge on any atom is 0.322 e. The van der Waals surface area contributed by atoms with Crippen molar-refractivity contribution >= 4 is 47.3 Å². The lowest BCUT2D eigenvalue weighted by Gasteiger charge is -2.21. The van der Waals surface area contributed by atoms with Gasteiger partial charge in [0, 0.05) is 30.3 Å². The van der Waals surface area contributed by atoms with E-state index in [1.807, 2.05) is 12.2 Å². The maximum absolute atomic E-state index is 12.7. The first-order chi connectivity index (χ1) is 20.5. The van der Waals surface area contributed by atoms with Gasteiger partial charge in [-0.2, -0.15) is 11.8 Å². The quantitative estimate of drug-likeness (QED) is 0.0466. The van der Waals surface area contributed by atoms with Crippen LogP contribution in [0.3, 0.4) is 0 Å². The average Bonchev–Trinajstić information content (AvgIpc) is 2.94. The Hall–Kier alpha value is -3.45. The lowest BCUT2D eigenvalue weighted by molar-refractivity contribution is -0.139. The van der Waals surface area contributed by atoms with Crippen LogP contribution in [-0.2, 0) is 28.8 Å². The molecule has 43 heavy (non-hydrogen) atoms. The molecule has 12 nitrogen and oxygen atoms in total. The number of rotatable bonds is 26. The minimum absolute atomic E-state index is 0.0881. The van der Waals surface area contributed by atoms with Gasteiger partial charge in [-0.1, -0.05) is 50.1 Å². The second-order valence-corrected chi connectivity index (χ2v) is 11.3. The highest BCUT2D eigenvalue weighted by atomic mass is 32.2. The van der Waals surface area contributed by atoms with Crippen LogP contribution in [0.25, 0.3) is 0 Å². The molecule has 0 saturated heterocycles. The zero-order chi connectivity index (χ0) is 32.5. The summed E-state index contributed by atoms with van der Waals surface area (Å²) >= 11 is 1.36. The monoisotopic (exact) mass is 625 g/mol. The van der Waals surface area contributed by atoms with Crippen molar-refractivity contribution in [1.82, 2.24) is 10.6 Å². The fourth-order valence-electron chi connectivity index (χ4n) is 3.61. The number of carboxylic acids is 3. The normalized spacial score (nSPS) is 13.6. The lowest BCUT2D eigenvalue weighted by Crippen LogP contribution is -2.49. The Morgan fingerprint density at radius 1 is 0.837 bits per heavy atom. The van der Waals surface area contributed by atoms with Crippen LogP contribution in [-0.4, -0.2) is 80.5 Å². The highest BCUT2D eigenvalue weighted by Gasteiger charge is 2.24. The molecular formula is C30H47N3O9S. The van der Waals surface area contributed by atoms with Crippen LogP contribution in [0.15, 0.2) is 36.5 Å². The number of amides is 2. The molecular weight excluding hydrogens is 578 g/mol. The molecule has 0 bridgehead atoms. The third-order valence-electron chi connectivity index (χ3n) is 6.06. The van der Waals surface area contributed by atoms with Crippen molar-refractivity contribution in [3.8, 4) is 0 Å². The molecule has 242 valence electrons. The average molecular weight is 626 g/mol. The van der Waals surface area contributed by atoms with Gasteiger partial charge in [0.1, 0.15) is 18.6 Å². The highest BCUT2D eigenvalue weighted by molar-refractivity contribution is 8.00. The van der Waals surface area contributed by atoms with E-state index in [0.29, 0.717) is 12.8 Å². The molecule has 3 atom stereocenters. The van der Waals surface area contributed by atoms with Crippen LogP contribution in [0.5, 0.6) is 0 Å². The number of hydrogen-bond donors (Lipinski definition) is 6. The predicted octanol–water partition coefficient (Wildman–Crippen LogP) is 3.21. The minimum atomic E-state index is -1.25. The molecule has 0 fully saturated rings. The second kappa shape index (κ2) is 25.1. The van der Waals surface area contributed by atoms with Crippen molar-refractivity contribution in [3.05, 3.63) is 36.5 Å². The Balaban J connectivity index is 5.36. The Labute approximate surface area is 257 Å². The molecule has 0 aromatic carbocycles. The van der Waals surface area contributed by atoms with Crippen LogP contribution in [0.1, 0.15) is 84.0 Å². The van der Waals surface area contributed by atoms with Gasteiger partial charge in [0.25, 0.3) is 0 Å². The summed E-state index contributed by atoms with van der Waals surface area (Å²) in [4.78, 5) is 69.7. The first-order valence-corrected chi connectivity index (χ1v) is 15.6. The van der Waals surface area contributed by atoms with Crippen molar-refractivity contribution in [1.29, 1.82) is 0 Å². The molecule has 0 rings (SSSR count). The zero-order valence-electron chi connectivity index (χ0n) is 24.9. The van der Waals surface area contributed by atoms with Gasteiger partial charge < -0.3 is 31.7 Å². The third-order valence-corrected chi connectivity index (χ3v) is 7.44. The number of nitrogens with two attached hydrogens (primary N) is 1. The summed E-state index contributed by atoms with van der Waals surface area (Å²) in [5.74, 6) is -4.85. The zero-order valence-corrected chi connectivity index (χ0v) is 25.7. The van der Waals surface area contributed by atoms with Gasteiger partial charge in [0.15, 0.2) is 5.78 Å². The van der Waals surface area contributed by atoms with E-state index in [4.69, 9.17) is 21.1 Å². The number of thioether (sulfide) groups is 1. The molecule has 0 aliphatic rings. The standard InChI is InChI=1S/C30H47N3O9S/c1-2-3-4-5-6-7-8-9-10-15-23(16-11-13-22(34)14-12-17-27(36)37)43-21-25(29(40)32-20-28(38)39)33-26(35)19-18-24(31)30(41)42/h6-7,9-11,13,23-25H,2-5,8,12,14-21,31H2,1H3,(H,32,40)(H,33,35)(H,36,37)(H,38,39)(H,41,42)/b7-6-,10-9-,13-11-/t23-,24-,25+/m1/s1. The number of allylic oxidation sites excluding steroid dienone is 6. The number of ketones is 1. The summed E-state index contributed by atoms with van der Waals surface area (Å²) in [6.45, 7) is 1.52. The van der Waals surface area contributed by atoms with Gasteiger partial charge >= 0.3 is 17.9 Å². The molecule has 0 aromatic rings. The summed E-state index contributed by atoms with van der Waals surface area (Å²) < 4.78 is 0. The fraction of sp³-hybridized carbons (Fsp3) is 0.600. The van der Waals surface area contributed by atoms with Crippen molar-refractivity contribution in [2.45, 2.75) is 101 Å². The van der Waals surface area contributed by atoms with Crippen LogP contribution >= 0.6 is 11.8 Å². The van der Waals surface area contributed by atoms with Gasteiger partial charge in [-0.05, 0) is 51.0 Å². The van der Waals surface area contributed by atoms with E-state index in [1.54, 1.807) is 6.08 Å². The topological polar surface area (TPSA) is 213 Å². The van der Waals surface area contributed by atoms with E-state index in [1.165, 1.54) is 30.7 Å². The summed E-state index contributed by atoms with van der Waals surface area (Å²) in [6, 6.07) is -2.32. The Morgan fingerprint density at radius 2 is 1.53 bits per heavy atom. The Bertz CT molecular complexity index is 982. The van der Waals surface area contributed by atoms with Crippen molar-refractivity contribution < 1.29 is 44.1 Å². The molecule has 0 aliphatic carbocycles. The number of carbonyl (C=O) groups is 6. The van der Waals surface area contributed by atoms with Crippen LogP contribution in [0.4, 0.5) is 0 Å². The molecule has 2 amide bonds. The van der Waals surface area contributed by atoms with Gasteiger partial charge in [-0.3, -0.25) is 28.8 Å². The fourth-order valence-corrected chi connectivity index (χ4v) is 4.80. The largest absolute Gasteiger partial charge is 0.481 e. The highest BCUT2D eigenvalue weighted by Crippen LogP contribution is 2.21. The van der Waals surface area contributed by atoms with Crippen molar-refractivity contribution in [2.24, 2.45) is 5.73 Å². The number of aliphatic carboxylic acids is 3. The second-order valence-electron chi connectivity index (χ2n) is 9.93. The summed E-state index contributed by atoms with van der Waals surface area (Å²) in [5, 5.41) is 31.3. The molecule has 0 radical (unpaired) electrons. The van der Waals surface area contributed by atoms with E-state index in [-0.39, 0.29) is 48.9 Å². The molecule has 0 heterocycles. The molecule has 13 heteroatoms. The smallest absolute Gasteiger partial charge is 0.322 e. The van der Waals surface area contributed by atoms with E-state index in [9.17, 15) is 28.8 Å². The van der Waals surface area contributed by atoms with Gasteiger partial charge in [0.05, 0.1) is 0 Å². The molecule has 0 aliphatic heterocycles. The maximum atomic E-state index is 12.7. The van der Waals surface area contributed by atoms with E-state index in [2.05, 4.69) is 29.7 Å². The van der Waals surface area contributed by atoms with Gasteiger partial charge in [-0.25, -0.2) is 0 Å². The third kappa shape index (κ3) is 23.8.